The Kier molecular flexibility index (Phi) is 16.5. The van der Waals surface area contributed by atoms with Gasteiger partial charge in [0.2, 0.25) is 17.7 Å². The number of hydrogen-bond donors (Lipinski definition) is 4. The monoisotopic (exact) mass is 889 g/mol. The number of nitrogen functional groups attached to an aromatic ring is 1. The molecule has 1 fully saturated rings. The van der Waals surface area contributed by atoms with Crippen molar-refractivity contribution in [1.29, 1.82) is 0 Å². The molecule has 0 unspecified atom stereocenters. The fourth-order valence-electron chi connectivity index (χ4n) is 6.49. The molecule has 0 spiro atoms. The number of piperazine rings is 1. The van der Waals surface area contributed by atoms with Crippen molar-refractivity contribution in [2.45, 2.75) is 63.6 Å². The number of aryl methyl sites for hydroxylation is 1. The maximum Gasteiger partial charge on any atom is 0.407 e. The Bertz CT molecular complexity index is 1860. The molecule has 296 valence electrons. The van der Waals surface area contributed by atoms with Gasteiger partial charge in [0.25, 0.3) is 0 Å². The topological polar surface area (TPSA) is 159 Å². The number of ether oxygens (including phenoxy) is 1. The van der Waals surface area contributed by atoms with E-state index in [0.717, 1.165) is 28.8 Å². The standard InChI is InChI=1S/C42H49Br2N7O5/c43-34-26-32(27-35(44)39(34)45)28-37(48-38(52)16-9-14-30-10-3-1-4-11-30)40(53)49-36(15-7-8-19-47-42(55)56-29-31-12-5-2-6-13-31)41(54)51-24-22-50(23-25-51)33-17-20-46-21-18-33/h1-6,10-13,17-18,20-21,26-27,36-37H,7-9,14-16,19,22-25,28-29,45H2,(H,47,55)(H,48,52)(H,49,53)/t36-,37+/m0/s1. The highest BCUT2D eigenvalue weighted by molar-refractivity contribution is 9.11. The van der Waals surface area contributed by atoms with Crippen LogP contribution in [0.15, 0.2) is 106 Å². The second-order valence-corrected chi connectivity index (χ2v) is 15.4. The second kappa shape index (κ2) is 22.0. The van der Waals surface area contributed by atoms with Gasteiger partial charge >= 0.3 is 6.09 Å². The Morgan fingerprint density at radius 1 is 0.768 bits per heavy atom. The summed E-state index contributed by atoms with van der Waals surface area (Å²) in [5.74, 6) is -0.897. The van der Waals surface area contributed by atoms with E-state index in [1.807, 2.05) is 84.9 Å². The van der Waals surface area contributed by atoms with E-state index in [9.17, 15) is 19.2 Å². The lowest BCUT2D eigenvalue weighted by molar-refractivity contribution is -0.137. The minimum Gasteiger partial charge on any atom is -0.445 e. The van der Waals surface area contributed by atoms with Crippen molar-refractivity contribution in [1.82, 2.24) is 25.8 Å². The number of nitrogens with zero attached hydrogens (tertiary/aromatic N) is 3. The number of nitrogens with one attached hydrogen (secondary N) is 3. The Morgan fingerprint density at radius 2 is 1.41 bits per heavy atom. The van der Waals surface area contributed by atoms with Crippen LogP contribution in [0.3, 0.4) is 0 Å². The predicted molar refractivity (Wildman–Crippen MR) is 225 cm³/mol. The van der Waals surface area contributed by atoms with Gasteiger partial charge in [0.15, 0.2) is 0 Å². The van der Waals surface area contributed by atoms with Crippen LogP contribution in [-0.4, -0.2) is 78.5 Å². The first kappa shape index (κ1) is 42.2. The Morgan fingerprint density at radius 3 is 2.07 bits per heavy atom. The first-order valence-electron chi connectivity index (χ1n) is 18.9. The molecule has 12 nitrogen and oxygen atoms in total. The van der Waals surface area contributed by atoms with Crippen LogP contribution < -0.4 is 26.6 Å². The maximum absolute atomic E-state index is 14.2. The molecule has 5 rings (SSSR count). The fourth-order valence-corrected chi connectivity index (χ4v) is 7.77. The van der Waals surface area contributed by atoms with E-state index >= 15 is 0 Å². The first-order valence-corrected chi connectivity index (χ1v) is 20.5. The summed E-state index contributed by atoms with van der Waals surface area (Å²) < 4.78 is 6.64. The number of aromatic nitrogens is 1. The van der Waals surface area contributed by atoms with Crippen LogP contribution in [0.5, 0.6) is 0 Å². The van der Waals surface area contributed by atoms with E-state index in [1.54, 1.807) is 17.3 Å². The number of nitrogens with two attached hydrogens (primary N) is 1. The summed E-state index contributed by atoms with van der Waals surface area (Å²) in [6.07, 6.45) is 6.17. The number of halogens is 2. The van der Waals surface area contributed by atoms with Gasteiger partial charge in [-0.2, -0.15) is 0 Å². The number of carbonyl (C=O) groups excluding carboxylic acids is 4. The number of unbranched alkanes of at least 4 members (excludes halogenated alkanes) is 1. The molecule has 4 aromatic rings. The van der Waals surface area contributed by atoms with Crippen molar-refractivity contribution in [2.75, 3.05) is 43.4 Å². The molecule has 3 aromatic carbocycles. The normalized spacial score (nSPS) is 13.7. The molecule has 14 heteroatoms. The van der Waals surface area contributed by atoms with E-state index < -0.39 is 24.1 Å². The number of carbonyl (C=O) groups is 4. The molecule has 5 N–H and O–H groups in total. The van der Waals surface area contributed by atoms with Gasteiger partial charge < -0.3 is 36.2 Å². The average molecular weight is 892 g/mol. The van der Waals surface area contributed by atoms with Gasteiger partial charge in [-0.15, -0.1) is 0 Å². The summed E-state index contributed by atoms with van der Waals surface area (Å²) in [6, 6.07) is 25.1. The number of anilines is 2. The van der Waals surface area contributed by atoms with E-state index in [1.165, 1.54) is 0 Å². The lowest BCUT2D eigenvalue weighted by Gasteiger charge is -2.38. The maximum atomic E-state index is 14.2. The zero-order valence-corrected chi connectivity index (χ0v) is 34.5. The van der Waals surface area contributed by atoms with Crippen LogP contribution in [0.1, 0.15) is 48.8 Å². The van der Waals surface area contributed by atoms with Gasteiger partial charge in [-0.1, -0.05) is 60.7 Å². The zero-order valence-electron chi connectivity index (χ0n) is 31.3. The summed E-state index contributed by atoms with van der Waals surface area (Å²) >= 11 is 6.98. The van der Waals surface area contributed by atoms with Crippen LogP contribution >= 0.6 is 31.9 Å². The second-order valence-electron chi connectivity index (χ2n) is 13.7. The molecule has 1 aliphatic rings. The van der Waals surface area contributed by atoms with E-state index in [2.05, 4.69) is 57.7 Å². The minimum absolute atomic E-state index is 0.165. The van der Waals surface area contributed by atoms with Crippen molar-refractivity contribution >= 4 is 67.0 Å². The van der Waals surface area contributed by atoms with Gasteiger partial charge in [-0.25, -0.2) is 4.79 Å². The molecule has 2 atom stereocenters. The Labute approximate surface area is 345 Å². The van der Waals surface area contributed by atoms with Gasteiger partial charge in [0.1, 0.15) is 18.7 Å². The SMILES string of the molecule is Nc1c(Br)cc(C[C@@H](NC(=O)CCCc2ccccc2)C(=O)N[C@@H](CCCCNC(=O)OCc2ccccc2)C(=O)N2CCN(c3ccncc3)CC2)cc1Br. The quantitative estimate of drug-likeness (QED) is 0.0683. The molecule has 0 aliphatic carbocycles. The molecular formula is C42H49Br2N7O5. The highest BCUT2D eigenvalue weighted by Gasteiger charge is 2.31. The largest absolute Gasteiger partial charge is 0.445 e. The van der Waals surface area contributed by atoms with Crippen LogP contribution in [-0.2, 0) is 38.6 Å². The third-order valence-electron chi connectivity index (χ3n) is 9.58. The van der Waals surface area contributed by atoms with Crippen LogP contribution in [0.4, 0.5) is 16.2 Å². The summed E-state index contributed by atoms with van der Waals surface area (Å²) in [4.78, 5) is 62.1. The molecule has 1 aliphatic heterocycles. The summed E-state index contributed by atoms with van der Waals surface area (Å²) in [5.41, 5.74) is 10.5. The van der Waals surface area contributed by atoms with Gasteiger partial charge in [-0.05, 0) is 105 Å². The van der Waals surface area contributed by atoms with Crippen LogP contribution in [0.2, 0.25) is 0 Å². The smallest absolute Gasteiger partial charge is 0.407 e. The van der Waals surface area contributed by atoms with Crippen LogP contribution in [0, 0.1) is 0 Å². The fraction of sp³-hybridized carbons (Fsp3) is 0.357. The number of pyridine rings is 1. The molecule has 0 saturated carbocycles. The highest BCUT2D eigenvalue weighted by atomic mass is 79.9. The van der Waals surface area contributed by atoms with Crippen molar-refractivity contribution in [3.05, 3.63) is 123 Å². The Balaban J connectivity index is 1.24. The predicted octanol–water partition coefficient (Wildman–Crippen LogP) is 6.17. The van der Waals surface area contributed by atoms with E-state index in [-0.39, 0.29) is 31.3 Å². The number of rotatable bonds is 18. The van der Waals surface area contributed by atoms with Crippen molar-refractivity contribution < 1.29 is 23.9 Å². The highest BCUT2D eigenvalue weighted by Crippen LogP contribution is 2.30. The molecule has 4 amide bonds. The van der Waals surface area contributed by atoms with Crippen molar-refractivity contribution in [3.8, 4) is 0 Å². The number of amides is 4. The van der Waals surface area contributed by atoms with Gasteiger partial charge in [-0.3, -0.25) is 19.4 Å². The van der Waals surface area contributed by atoms with E-state index in [0.29, 0.717) is 73.0 Å². The third-order valence-corrected chi connectivity index (χ3v) is 10.9. The molecule has 0 bridgehead atoms. The van der Waals surface area contributed by atoms with Gasteiger partial charge in [0.05, 0.1) is 5.69 Å². The number of benzene rings is 3. The molecule has 2 heterocycles. The zero-order chi connectivity index (χ0) is 39.7. The molecule has 56 heavy (non-hydrogen) atoms. The number of alkyl carbamates (subject to hydrolysis) is 1. The molecular weight excluding hydrogens is 842 g/mol. The third kappa shape index (κ3) is 13.4. The molecule has 1 aromatic heterocycles. The lowest BCUT2D eigenvalue weighted by atomic mass is 10.0. The lowest BCUT2D eigenvalue weighted by Crippen LogP contribution is -2.57. The van der Waals surface area contributed by atoms with Crippen molar-refractivity contribution in [2.24, 2.45) is 0 Å². The van der Waals surface area contributed by atoms with Gasteiger partial charge in [0, 0.05) is 72.6 Å². The van der Waals surface area contributed by atoms with E-state index in [4.69, 9.17) is 10.5 Å². The van der Waals surface area contributed by atoms with Crippen molar-refractivity contribution in [3.63, 3.8) is 0 Å². The summed E-state index contributed by atoms with van der Waals surface area (Å²) in [5, 5.41) is 8.74. The average Bonchev–Trinajstić information content (AvgIpc) is 3.22. The summed E-state index contributed by atoms with van der Waals surface area (Å²) in [6.45, 7) is 2.74. The minimum atomic E-state index is -0.957. The first-order chi connectivity index (χ1) is 27.2. The number of hydrogen-bond acceptors (Lipinski definition) is 8. The summed E-state index contributed by atoms with van der Waals surface area (Å²) in [7, 11) is 0. The molecule has 0 radical (unpaired) electrons. The molecule has 1 saturated heterocycles. The Hall–Kier alpha value is -4.95. The van der Waals surface area contributed by atoms with Crippen LogP contribution in [0.25, 0.3) is 0 Å².